The molecule has 0 heterocycles. The van der Waals surface area contributed by atoms with Crippen molar-refractivity contribution in [2.75, 3.05) is 6.54 Å². The summed E-state index contributed by atoms with van der Waals surface area (Å²) in [5.41, 5.74) is 0. The van der Waals surface area contributed by atoms with Crippen LogP contribution in [-0.4, -0.2) is 23.1 Å². The van der Waals surface area contributed by atoms with Gasteiger partial charge in [0.2, 0.25) is 0 Å². The summed E-state index contributed by atoms with van der Waals surface area (Å²) in [5.74, 6) is 1.76. The lowest BCUT2D eigenvalue weighted by molar-refractivity contribution is 0.249. The Morgan fingerprint density at radius 2 is 1.94 bits per heavy atom. The molecule has 5 atom stereocenters. The molecule has 1 aliphatic carbocycles. The van der Waals surface area contributed by atoms with E-state index >= 15 is 0 Å². The summed E-state index contributed by atoms with van der Waals surface area (Å²) in [4.78, 5) is 0. The second kappa shape index (κ2) is 7.68. The van der Waals surface area contributed by atoms with Gasteiger partial charge in [-0.15, -0.1) is 0 Å². The SMILES string of the molecule is CCCNC1CC(C)CC(C)C1SC(C)CC. The van der Waals surface area contributed by atoms with Crippen LogP contribution in [0.4, 0.5) is 0 Å². The largest absolute Gasteiger partial charge is 0.313 e. The van der Waals surface area contributed by atoms with E-state index < -0.39 is 0 Å². The van der Waals surface area contributed by atoms with Crippen LogP contribution < -0.4 is 5.32 Å². The predicted molar refractivity (Wildman–Crippen MR) is 80.8 cm³/mol. The minimum absolute atomic E-state index is 0.743. The first-order valence-electron chi connectivity index (χ1n) is 7.47. The Morgan fingerprint density at radius 1 is 1.24 bits per heavy atom. The highest BCUT2D eigenvalue weighted by molar-refractivity contribution is 8.00. The molecule has 0 aromatic carbocycles. The van der Waals surface area contributed by atoms with Crippen LogP contribution in [0, 0.1) is 11.8 Å². The summed E-state index contributed by atoms with van der Waals surface area (Å²) in [7, 11) is 0. The van der Waals surface area contributed by atoms with Crippen LogP contribution in [0.5, 0.6) is 0 Å². The highest BCUT2D eigenvalue weighted by Gasteiger charge is 2.34. The summed E-state index contributed by atoms with van der Waals surface area (Å²) in [6.07, 6.45) is 5.33. The molecule has 2 heteroatoms. The highest BCUT2D eigenvalue weighted by atomic mass is 32.2. The van der Waals surface area contributed by atoms with E-state index in [2.05, 4.69) is 51.7 Å². The Hall–Kier alpha value is 0.310. The average molecular weight is 257 g/mol. The molecular formula is C15H31NS. The lowest BCUT2D eigenvalue weighted by atomic mass is 9.80. The number of nitrogens with one attached hydrogen (secondary N) is 1. The summed E-state index contributed by atoms with van der Waals surface area (Å²) >= 11 is 2.23. The van der Waals surface area contributed by atoms with E-state index in [9.17, 15) is 0 Å². The van der Waals surface area contributed by atoms with Gasteiger partial charge in [0.25, 0.3) is 0 Å². The van der Waals surface area contributed by atoms with Crippen LogP contribution in [0.3, 0.4) is 0 Å². The number of hydrogen-bond acceptors (Lipinski definition) is 2. The maximum atomic E-state index is 3.79. The van der Waals surface area contributed by atoms with Crippen molar-refractivity contribution in [3.63, 3.8) is 0 Å². The van der Waals surface area contributed by atoms with Crippen molar-refractivity contribution in [3.05, 3.63) is 0 Å². The van der Waals surface area contributed by atoms with Crippen molar-refractivity contribution in [2.24, 2.45) is 11.8 Å². The van der Waals surface area contributed by atoms with Crippen molar-refractivity contribution in [2.45, 2.75) is 76.8 Å². The van der Waals surface area contributed by atoms with Crippen molar-refractivity contribution < 1.29 is 0 Å². The van der Waals surface area contributed by atoms with E-state index in [-0.39, 0.29) is 0 Å². The molecule has 1 nitrogen and oxygen atoms in total. The van der Waals surface area contributed by atoms with Crippen molar-refractivity contribution in [3.8, 4) is 0 Å². The fourth-order valence-corrected chi connectivity index (χ4v) is 4.46. The molecule has 17 heavy (non-hydrogen) atoms. The zero-order chi connectivity index (χ0) is 12.8. The minimum atomic E-state index is 0.743. The zero-order valence-electron chi connectivity index (χ0n) is 12.3. The van der Waals surface area contributed by atoms with Crippen LogP contribution in [-0.2, 0) is 0 Å². The summed E-state index contributed by atoms with van der Waals surface area (Å²) in [5, 5.41) is 5.42. The van der Waals surface area contributed by atoms with Gasteiger partial charge in [-0.3, -0.25) is 0 Å². The van der Waals surface area contributed by atoms with E-state index in [0.717, 1.165) is 28.4 Å². The van der Waals surface area contributed by atoms with Gasteiger partial charge in [0.1, 0.15) is 0 Å². The van der Waals surface area contributed by atoms with E-state index in [1.54, 1.807) is 0 Å². The fraction of sp³-hybridized carbons (Fsp3) is 1.00. The topological polar surface area (TPSA) is 12.0 Å². The third-order valence-electron chi connectivity index (χ3n) is 4.01. The Labute approximate surface area is 113 Å². The first-order valence-corrected chi connectivity index (χ1v) is 8.41. The van der Waals surface area contributed by atoms with Crippen molar-refractivity contribution >= 4 is 11.8 Å². The lowest BCUT2D eigenvalue weighted by Gasteiger charge is -2.41. The van der Waals surface area contributed by atoms with Crippen LogP contribution in [0.2, 0.25) is 0 Å². The Kier molecular flexibility index (Phi) is 6.94. The minimum Gasteiger partial charge on any atom is -0.313 e. The van der Waals surface area contributed by atoms with E-state index in [4.69, 9.17) is 0 Å². The van der Waals surface area contributed by atoms with E-state index in [1.165, 1.54) is 32.2 Å². The van der Waals surface area contributed by atoms with Gasteiger partial charge in [-0.05, 0) is 44.1 Å². The third-order valence-corrected chi connectivity index (χ3v) is 5.91. The predicted octanol–water partition coefficient (Wildman–Crippen LogP) is 4.32. The summed E-state index contributed by atoms with van der Waals surface area (Å²) in [6, 6.07) is 0.743. The van der Waals surface area contributed by atoms with Gasteiger partial charge >= 0.3 is 0 Å². The van der Waals surface area contributed by atoms with Crippen LogP contribution >= 0.6 is 11.8 Å². The summed E-state index contributed by atoms with van der Waals surface area (Å²) < 4.78 is 0. The average Bonchev–Trinajstić information content (AvgIpc) is 2.29. The van der Waals surface area contributed by atoms with Crippen LogP contribution in [0.1, 0.15) is 60.3 Å². The molecule has 0 saturated heterocycles. The Morgan fingerprint density at radius 3 is 2.53 bits per heavy atom. The maximum Gasteiger partial charge on any atom is 0.0229 e. The molecular weight excluding hydrogens is 226 g/mol. The standard InChI is InChI=1S/C15H31NS/c1-6-8-16-14-10-11(3)9-12(4)15(14)17-13(5)7-2/h11-16H,6-10H2,1-5H3. The molecule has 1 rings (SSSR count). The van der Waals surface area contributed by atoms with Gasteiger partial charge in [0.15, 0.2) is 0 Å². The second-order valence-electron chi connectivity index (χ2n) is 5.93. The molecule has 1 saturated carbocycles. The zero-order valence-corrected chi connectivity index (χ0v) is 13.1. The molecule has 1 aliphatic rings. The van der Waals surface area contributed by atoms with Gasteiger partial charge in [0.05, 0.1) is 0 Å². The molecule has 5 unspecified atom stereocenters. The van der Waals surface area contributed by atoms with E-state index in [1.807, 2.05) is 0 Å². The molecule has 1 fully saturated rings. The molecule has 0 aliphatic heterocycles. The van der Waals surface area contributed by atoms with Crippen molar-refractivity contribution in [1.29, 1.82) is 0 Å². The van der Waals surface area contributed by atoms with E-state index in [0.29, 0.717) is 0 Å². The van der Waals surface area contributed by atoms with Gasteiger partial charge in [0, 0.05) is 16.5 Å². The van der Waals surface area contributed by atoms with Crippen LogP contribution in [0.15, 0.2) is 0 Å². The fourth-order valence-electron chi connectivity index (χ4n) is 2.95. The lowest BCUT2D eigenvalue weighted by Crippen LogP contribution is -2.47. The first kappa shape index (κ1) is 15.4. The summed E-state index contributed by atoms with van der Waals surface area (Å²) in [6.45, 7) is 13.0. The molecule has 0 aromatic rings. The van der Waals surface area contributed by atoms with Gasteiger partial charge in [-0.2, -0.15) is 11.8 Å². The van der Waals surface area contributed by atoms with Crippen molar-refractivity contribution in [1.82, 2.24) is 5.32 Å². The number of rotatable bonds is 6. The first-order chi connectivity index (χ1) is 8.08. The molecule has 0 amide bonds. The Balaban J connectivity index is 2.58. The quantitative estimate of drug-likeness (QED) is 0.760. The Bertz CT molecular complexity index is 207. The molecule has 0 radical (unpaired) electrons. The molecule has 0 spiro atoms. The molecule has 1 N–H and O–H groups in total. The van der Waals surface area contributed by atoms with Gasteiger partial charge in [-0.1, -0.05) is 34.6 Å². The third kappa shape index (κ3) is 4.82. The normalized spacial score (nSPS) is 35.8. The number of hydrogen-bond donors (Lipinski definition) is 1. The second-order valence-corrected chi connectivity index (χ2v) is 7.56. The van der Waals surface area contributed by atoms with Gasteiger partial charge < -0.3 is 5.32 Å². The maximum absolute atomic E-state index is 3.79. The van der Waals surface area contributed by atoms with Gasteiger partial charge in [-0.25, -0.2) is 0 Å². The molecule has 0 bridgehead atoms. The van der Waals surface area contributed by atoms with Crippen LogP contribution in [0.25, 0.3) is 0 Å². The number of thioether (sulfide) groups is 1. The monoisotopic (exact) mass is 257 g/mol. The highest BCUT2D eigenvalue weighted by Crippen LogP contribution is 2.38. The molecule has 0 aromatic heterocycles. The smallest absolute Gasteiger partial charge is 0.0229 e. The molecule has 102 valence electrons.